The molecule has 1 aromatic carbocycles. The fraction of sp³-hybridized carbons (Fsp3) is 0.533. The topological polar surface area (TPSA) is 83.0 Å². The molecule has 7 nitrogen and oxygen atoms in total. The Morgan fingerprint density at radius 2 is 2.05 bits per heavy atom. The lowest BCUT2D eigenvalue weighted by Crippen LogP contribution is -2.52. The van der Waals surface area contributed by atoms with Crippen molar-refractivity contribution in [1.29, 1.82) is 0 Å². The molecule has 3 saturated heterocycles. The molecular weight excluding hydrogens is 288 g/mol. The highest BCUT2D eigenvalue weighted by molar-refractivity contribution is 5.76. The fourth-order valence-corrected chi connectivity index (χ4v) is 3.40. The molecule has 2 N–H and O–H groups in total. The number of hydrogen-bond acceptors (Lipinski definition) is 5. The fourth-order valence-electron chi connectivity index (χ4n) is 3.40. The number of methoxy groups -OCH3 is 1. The van der Waals surface area contributed by atoms with E-state index in [-0.39, 0.29) is 24.3 Å². The van der Waals surface area contributed by atoms with Gasteiger partial charge in [-0.1, -0.05) is 30.3 Å². The Labute approximate surface area is 127 Å². The number of amides is 2. The predicted octanol–water partition coefficient (Wildman–Crippen LogP) is 0.603. The molecule has 0 unspecified atom stereocenters. The number of nitrogens with zero attached hydrogens (tertiary/aromatic N) is 1. The number of carbonyl (C=O) groups excluding carboxylic acids is 1. The van der Waals surface area contributed by atoms with Crippen LogP contribution in [0.3, 0.4) is 0 Å². The van der Waals surface area contributed by atoms with Crippen molar-refractivity contribution < 1.29 is 23.7 Å². The molecule has 0 radical (unpaired) electrons. The molecule has 0 saturated carbocycles. The number of rotatable bonds is 2. The molecule has 3 aliphatic rings. The van der Waals surface area contributed by atoms with Crippen LogP contribution in [-0.2, 0) is 18.9 Å². The highest BCUT2D eigenvalue weighted by Gasteiger charge is 2.66. The average molecular weight is 306 g/mol. The zero-order valence-electron chi connectivity index (χ0n) is 12.1. The lowest BCUT2D eigenvalue weighted by molar-refractivity contribution is -0.304. The Hall–Kier alpha value is -1.67. The number of primary amides is 1. The van der Waals surface area contributed by atoms with Crippen LogP contribution < -0.4 is 5.73 Å². The van der Waals surface area contributed by atoms with Crippen molar-refractivity contribution in [2.75, 3.05) is 13.7 Å². The molecule has 3 fully saturated rings. The number of ether oxygens (including phenoxy) is 4. The Morgan fingerprint density at radius 3 is 2.73 bits per heavy atom. The summed E-state index contributed by atoms with van der Waals surface area (Å²) >= 11 is 0. The summed E-state index contributed by atoms with van der Waals surface area (Å²) in [4.78, 5) is 13.1. The normalized spacial score (nSPS) is 39.8. The van der Waals surface area contributed by atoms with Gasteiger partial charge >= 0.3 is 6.03 Å². The molecule has 1 aromatic rings. The predicted molar refractivity (Wildman–Crippen MR) is 74.7 cm³/mol. The first-order valence-corrected chi connectivity index (χ1v) is 7.28. The summed E-state index contributed by atoms with van der Waals surface area (Å²) in [5, 5.41) is 0. The molecule has 0 bridgehead atoms. The maximum absolute atomic E-state index is 11.6. The second kappa shape index (κ2) is 5.20. The number of hydrogen-bond donors (Lipinski definition) is 1. The summed E-state index contributed by atoms with van der Waals surface area (Å²) in [5.74, 6) is 0. The molecule has 6 atom stereocenters. The number of urea groups is 1. The molecule has 4 rings (SSSR count). The summed E-state index contributed by atoms with van der Waals surface area (Å²) in [7, 11) is 1.55. The van der Waals surface area contributed by atoms with Gasteiger partial charge in [-0.05, 0) is 0 Å². The van der Waals surface area contributed by atoms with Gasteiger partial charge < -0.3 is 29.6 Å². The van der Waals surface area contributed by atoms with E-state index in [0.717, 1.165) is 5.56 Å². The van der Waals surface area contributed by atoms with Gasteiger partial charge in [0.2, 0.25) is 0 Å². The smallest absolute Gasteiger partial charge is 0.315 e. The molecule has 3 aliphatic heterocycles. The average Bonchev–Trinajstić information content (AvgIpc) is 3.30. The van der Waals surface area contributed by atoms with Gasteiger partial charge in [0.15, 0.2) is 12.6 Å². The van der Waals surface area contributed by atoms with E-state index < -0.39 is 18.6 Å². The SMILES string of the molecule is CO[C@@H]1O[C@H]2CO[C@H](c3ccccc3)O[C@@H]2[C@H]2[C@H]1N2C(N)=O. The highest BCUT2D eigenvalue weighted by atomic mass is 16.7. The lowest BCUT2D eigenvalue weighted by Gasteiger charge is -2.39. The highest BCUT2D eigenvalue weighted by Crippen LogP contribution is 2.45. The van der Waals surface area contributed by atoms with E-state index in [9.17, 15) is 4.79 Å². The number of benzene rings is 1. The largest absolute Gasteiger partial charge is 0.354 e. The minimum absolute atomic E-state index is 0.115. The number of nitrogens with two attached hydrogens (primary N) is 1. The molecule has 0 aliphatic carbocycles. The summed E-state index contributed by atoms with van der Waals surface area (Å²) in [6, 6.07) is 8.92. The zero-order valence-corrected chi connectivity index (χ0v) is 12.1. The van der Waals surface area contributed by atoms with Crippen molar-refractivity contribution in [2.24, 2.45) is 5.73 Å². The van der Waals surface area contributed by atoms with E-state index in [4.69, 9.17) is 24.7 Å². The third-order valence-corrected chi connectivity index (χ3v) is 4.44. The number of carbonyl (C=O) groups is 1. The maximum Gasteiger partial charge on any atom is 0.315 e. The third kappa shape index (κ3) is 2.09. The van der Waals surface area contributed by atoms with Gasteiger partial charge in [-0.15, -0.1) is 0 Å². The molecule has 7 heteroatoms. The minimum atomic E-state index is -0.487. The van der Waals surface area contributed by atoms with Crippen molar-refractivity contribution in [2.45, 2.75) is 36.9 Å². The molecule has 118 valence electrons. The number of fused-ring (bicyclic) bond motifs is 3. The Morgan fingerprint density at radius 1 is 1.27 bits per heavy atom. The zero-order chi connectivity index (χ0) is 15.3. The van der Waals surface area contributed by atoms with Crippen LogP contribution in [-0.4, -0.2) is 55.2 Å². The molecule has 2 amide bonds. The maximum atomic E-state index is 11.6. The van der Waals surface area contributed by atoms with Crippen molar-refractivity contribution >= 4 is 6.03 Å². The van der Waals surface area contributed by atoms with Crippen LogP contribution in [0.1, 0.15) is 11.9 Å². The van der Waals surface area contributed by atoms with Gasteiger partial charge in [-0.25, -0.2) is 4.79 Å². The molecule has 0 aromatic heterocycles. The Balaban J connectivity index is 1.55. The van der Waals surface area contributed by atoms with Crippen molar-refractivity contribution in [3.63, 3.8) is 0 Å². The monoisotopic (exact) mass is 306 g/mol. The van der Waals surface area contributed by atoms with Gasteiger partial charge in [0, 0.05) is 12.7 Å². The first-order chi connectivity index (χ1) is 10.7. The lowest BCUT2D eigenvalue weighted by atomic mass is 10.0. The molecule has 0 spiro atoms. The molecule has 3 heterocycles. The van der Waals surface area contributed by atoms with Crippen LogP contribution in [0.4, 0.5) is 4.79 Å². The van der Waals surface area contributed by atoms with E-state index in [1.54, 1.807) is 12.0 Å². The molecular formula is C15H18N2O5. The van der Waals surface area contributed by atoms with Crippen LogP contribution in [0.25, 0.3) is 0 Å². The van der Waals surface area contributed by atoms with Crippen LogP contribution in [0.2, 0.25) is 0 Å². The Kier molecular flexibility index (Phi) is 3.30. The van der Waals surface area contributed by atoms with Crippen LogP contribution in [0.15, 0.2) is 30.3 Å². The van der Waals surface area contributed by atoms with Crippen LogP contribution in [0, 0.1) is 0 Å². The van der Waals surface area contributed by atoms with E-state index in [0.29, 0.717) is 6.61 Å². The van der Waals surface area contributed by atoms with Gasteiger partial charge in [-0.3, -0.25) is 0 Å². The quantitative estimate of drug-likeness (QED) is 0.809. The summed E-state index contributed by atoms with van der Waals surface area (Å²) < 4.78 is 22.9. The van der Waals surface area contributed by atoms with Gasteiger partial charge in [0.05, 0.1) is 12.6 Å². The van der Waals surface area contributed by atoms with E-state index >= 15 is 0 Å². The summed E-state index contributed by atoms with van der Waals surface area (Å²) in [6.45, 7) is 0.389. The van der Waals surface area contributed by atoms with Crippen molar-refractivity contribution in [1.82, 2.24) is 4.90 Å². The Bertz CT molecular complexity index is 568. The van der Waals surface area contributed by atoms with Crippen molar-refractivity contribution in [3.05, 3.63) is 35.9 Å². The minimum Gasteiger partial charge on any atom is -0.354 e. The molecule has 22 heavy (non-hydrogen) atoms. The second-order valence-electron chi connectivity index (χ2n) is 5.68. The first-order valence-electron chi connectivity index (χ1n) is 7.28. The van der Waals surface area contributed by atoms with E-state index in [1.165, 1.54) is 0 Å². The standard InChI is InChI=1S/C15H18N2O5/c1-19-14-11-10(17(11)15(16)18)12-9(21-14)7-20-13(22-12)8-5-3-2-4-6-8/h2-6,9-14H,7H2,1H3,(H2,16,18)/t9-,10+,11+,12-,13-,14+,17?/m0/s1. The van der Waals surface area contributed by atoms with Crippen molar-refractivity contribution in [3.8, 4) is 0 Å². The van der Waals surface area contributed by atoms with Gasteiger partial charge in [-0.2, -0.15) is 0 Å². The summed E-state index contributed by atoms with van der Waals surface area (Å²) in [6.07, 6.45) is -1.47. The third-order valence-electron chi connectivity index (χ3n) is 4.44. The van der Waals surface area contributed by atoms with Gasteiger partial charge in [0.25, 0.3) is 0 Å². The van der Waals surface area contributed by atoms with E-state index in [2.05, 4.69) is 0 Å². The van der Waals surface area contributed by atoms with Crippen LogP contribution in [0.5, 0.6) is 0 Å². The van der Waals surface area contributed by atoms with Gasteiger partial charge in [0.1, 0.15) is 18.2 Å². The summed E-state index contributed by atoms with van der Waals surface area (Å²) in [5.41, 5.74) is 6.37. The van der Waals surface area contributed by atoms with E-state index in [1.807, 2.05) is 30.3 Å². The second-order valence-corrected chi connectivity index (χ2v) is 5.68. The van der Waals surface area contributed by atoms with Crippen LogP contribution >= 0.6 is 0 Å². The first kappa shape index (κ1) is 14.0.